The lowest BCUT2D eigenvalue weighted by Gasteiger charge is -2.18. The molecule has 1 amide bonds. The van der Waals surface area contributed by atoms with Crippen LogP contribution >= 0.6 is 11.6 Å². The summed E-state index contributed by atoms with van der Waals surface area (Å²) in [5, 5.41) is 0.128. The molecule has 2 aromatic rings. The number of nitrogens with zero attached hydrogens (tertiary/aromatic N) is 1. The molecule has 27 heavy (non-hydrogen) atoms. The Bertz CT molecular complexity index is 873. The molecule has 0 fully saturated rings. The third kappa shape index (κ3) is 5.95. The van der Waals surface area contributed by atoms with Crippen molar-refractivity contribution in [2.75, 3.05) is 25.1 Å². The van der Waals surface area contributed by atoms with Crippen LogP contribution in [0, 0.1) is 0 Å². The molecule has 0 radical (unpaired) electrons. The van der Waals surface area contributed by atoms with Gasteiger partial charge in [-0.3, -0.25) is 4.79 Å². The van der Waals surface area contributed by atoms with Crippen molar-refractivity contribution in [2.45, 2.75) is 24.7 Å². The van der Waals surface area contributed by atoms with Crippen molar-refractivity contribution < 1.29 is 17.9 Å². The van der Waals surface area contributed by atoms with Crippen molar-refractivity contribution in [1.29, 1.82) is 0 Å². The molecule has 0 atom stereocenters. The van der Waals surface area contributed by atoms with Crippen LogP contribution in [-0.2, 0) is 14.8 Å². The topological polar surface area (TPSA) is 75.7 Å². The van der Waals surface area contributed by atoms with Crippen molar-refractivity contribution in [3.8, 4) is 5.75 Å². The van der Waals surface area contributed by atoms with Crippen LogP contribution in [0.15, 0.2) is 53.4 Å². The number of unbranched alkanes of at least 4 members (excludes halogenated alkanes) is 1. The highest BCUT2D eigenvalue weighted by atomic mass is 35.5. The second-order valence-electron chi connectivity index (χ2n) is 5.92. The Morgan fingerprint density at radius 1 is 1.19 bits per heavy atom. The van der Waals surface area contributed by atoms with Gasteiger partial charge in [-0.2, -0.15) is 0 Å². The van der Waals surface area contributed by atoms with Crippen LogP contribution in [0.5, 0.6) is 5.75 Å². The summed E-state index contributed by atoms with van der Waals surface area (Å²) in [6.07, 6.45) is 1.65. The largest absolute Gasteiger partial charge is 0.482 e. The first-order valence-electron chi connectivity index (χ1n) is 8.58. The highest BCUT2D eigenvalue weighted by Gasteiger charge is 2.17. The van der Waals surface area contributed by atoms with Gasteiger partial charge in [-0.05, 0) is 36.8 Å². The number of amides is 1. The van der Waals surface area contributed by atoms with Gasteiger partial charge in [0.05, 0.1) is 9.92 Å². The summed E-state index contributed by atoms with van der Waals surface area (Å²) in [5.74, 6) is -0.00539. The lowest BCUT2D eigenvalue weighted by molar-refractivity contribution is -0.120. The number of carbonyl (C=O) groups excluding carboxylic acids is 1. The van der Waals surface area contributed by atoms with Crippen LogP contribution in [-0.4, -0.2) is 34.5 Å². The molecule has 146 valence electrons. The average molecular weight is 411 g/mol. The molecule has 0 aromatic heterocycles. The van der Waals surface area contributed by atoms with Crippen molar-refractivity contribution in [3.05, 3.63) is 53.6 Å². The lowest BCUT2D eigenvalue weighted by Crippen LogP contribution is -2.31. The predicted molar refractivity (Wildman–Crippen MR) is 107 cm³/mol. The zero-order valence-corrected chi connectivity index (χ0v) is 16.9. The molecule has 0 bridgehead atoms. The van der Waals surface area contributed by atoms with Gasteiger partial charge in [0.1, 0.15) is 5.75 Å². The number of benzene rings is 2. The number of sulfonamides is 1. The first-order valence-corrected chi connectivity index (χ1v) is 10.4. The zero-order valence-electron chi connectivity index (χ0n) is 15.3. The Labute approximate surface area is 165 Å². The van der Waals surface area contributed by atoms with E-state index in [1.807, 2.05) is 37.3 Å². The van der Waals surface area contributed by atoms with Crippen LogP contribution in [0.1, 0.15) is 19.8 Å². The van der Waals surface area contributed by atoms with Crippen molar-refractivity contribution in [2.24, 2.45) is 0 Å². The maximum Gasteiger partial charge on any atom is 0.264 e. The van der Waals surface area contributed by atoms with E-state index >= 15 is 0 Å². The molecular weight excluding hydrogens is 388 g/mol. The number of nitrogens with one attached hydrogen (secondary N) is 1. The Balaban J connectivity index is 2.01. The first-order chi connectivity index (χ1) is 12.8. The number of hydrogen-bond acceptors (Lipinski definition) is 4. The molecule has 0 saturated carbocycles. The van der Waals surface area contributed by atoms with E-state index in [-0.39, 0.29) is 28.2 Å². The van der Waals surface area contributed by atoms with Crippen molar-refractivity contribution in [1.82, 2.24) is 4.72 Å². The number of rotatable bonds is 9. The molecule has 0 unspecified atom stereocenters. The van der Waals surface area contributed by atoms with E-state index in [9.17, 15) is 13.2 Å². The maximum atomic E-state index is 12.3. The molecule has 0 aliphatic carbocycles. The summed E-state index contributed by atoms with van der Waals surface area (Å²) in [4.78, 5) is 13.8. The van der Waals surface area contributed by atoms with Gasteiger partial charge in [-0.1, -0.05) is 43.1 Å². The Morgan fingerprint density at radius 3 is 2.52 bits per heavy atom. The highest BCUT2D eigenvalue weighted by Crippen LogP contribution is 2.27. The summed E-state index contributed by atoms with van der Waals surface area (Å²) in [7, 11) is -1.96. The second kappa shape index (κ2) is 9.73. The van der Waals surface area contributed by atoms with Crippen molar-refractivity contribution in [3.63, 3.8) is 0 Å². The van der Waals surface area contributed by atoms with E-state index in [0.717, 1.165) is 18.5 Å². The standard InChI is InChI=1S/C19H23ClN2O4S/c1-3-4-12-21-27(24,25)16-10-11-18(17(20)13-16)26-14-19(23)22(2)15-8-6-5-7-9-15/h5-11,13,21H,3-4,12,14H2,1-2H3. The minimum atomic E-state index is -3.62. The van der Waals surface area contributed by atoms with Gasteiger partial charge in [-0.25, -0.2) is 13.1 Å². The van der Waals surface area contributed by atoms with E-state index in [1.165, 1.54) is 23.1 Å². The first kappa shape index (κ1) is 21.2. The number of para-hydroxylation sites is 1. The fraction of sp³-hybridized carbons (Fsp3) is 0.316. The molecule has 2 rings (SSSR count). The maximum absolute atomic E-state index is 12.3. The molecule has 0 aliphatic heterocycles. The molecule has 1 N–H and O–H groups in total. The minimum Gasteiger partial charge on any atom is -0.482 e. The monoisotopic (exact) mass is 410 g/mol. The predicted octanol–water partition coefficient (Wildman–Crippen LogP) is 3.46. The summed E-state index contributed by atoms with van der Waals surface area (Å²) in [6, 6.07) is 13.3. The zero-order chi connectivity index (χ0) is 19.9. The molecule has 2 aromatic carbocycles. The van der Waals surface area contributed by atoms with Gasteiger partial charge in [0, 0.05) is 19.3 Å². The van der Waals surface area contributed by atoms with Gasteiger partial charge in [0.25, 0.3) is 5.91 Å². The number of halogens is 1. The van der Waals surface area contributed by atoms with Crippen LogP contribution in [0.3, 0.4) is 0 Å². The van der Waals surface area contributed by atoms with Gasteiger partial charge in [-0.15, -0.1) is 0 Å². The van der Waals surface area contributed by atoms with Crippen molar-refractivity contribution >= 4 is 33.2 Å². The number of likely N-dealkylation sites (N-methyl/N-ethyl adjacent to an activating group) is 1. The van der Waals surface area contributed by atoms with Crippen LogP contribution in [0.4, 0.5) is 5.69 Å². The lowest BCUT2D eigenvalue weighted by atomic mass is 10.3. The van der Waals surface area contributed by atoms with E-state index in [2.05, 4.69) is 4.72 Å². The summed E-state index contributed by atoms with van der Waals surface area (Å²) in [5.41, 5.74) is 0.747. The summed E-state index contributed by atoms with van der Waals surface area (Å²) in [6.45, 7) is 2.13. The second-order valence-corrected chi connectivity index (χ2v) is 8.09. The van der Waals surface area contributed by atoms with Gasteiger partial charge < -0.3 is 9.64 Å². The molecule has 0 aliphatic rings. The minimum absolute atomic E-state index is 0.0590. The average Bonchev–Trinajstić information content (AvgIpc) is 2.67. The number of anilines is 1. The molecule has 0 spiro atoms. The normalized spacial score (nSPS) is 11.2. The van der Waals surface area contributed by atoms with Crippen LogP contribution in [0.25, 0.3) is 0 Å². The molecule has 0 heterocycles. The third-order valence-corrected chi connectivity index (χ3v) is 5.66. The van der Waals surface area contributed by atoms with Gasteiger partial charge >= 0.3 is 0 Å². The number of carbonyl (C=O) groups is 1. The van der Waals surface area contributed by atoms with Gasteiger partial charge in [0.2, 0.25) is 10.0 Å². The Kier molecular flexibility index (Phi) is 7.65. The molecule has 8 heteroatoms. The number of ether oxygens (including phenoxy) is 1. The third-order valence-electron chi connectivity index (χ3n) is 3.90. The molecular formula is C19H23ClN2O4S. The van der Waals surface area contributed by atoms with E-state index in [0.29, 0.717) is 6.54 Å². The molecule has 6 nitrogen and oxygen atoms in total. The number of hydrogen-bond donors (Lipinski definition) is 1. The molecule has 0 saturated heterocycles. The van der Waals surface area contributed by atoms with Crippen LogP contribution < -0.4 is 14.4 Å². The van der Waals surface area contributed by atoms with E-state index in [1.54, 1.807) is 7.05 Å². The Hall–Kier alpha value is -2.09. The van der Waals surface area contributed by atoms with Gasteiger partial charge in [0.15, 0.2) is 6.61 Å². The fourth-order valence-corrected chi connectivity index (χ4v) is 3.66. The fourth-order valence-electron chi connectivity index (χ4n) is 2.26. The van der Waals surface area contributed by atoms with E-state index in [4.69, 9.17) is 16.3 Å². The quantitative estimate of drug-likeness (QED) is 0.642. The summed E-state index contributed by atoms with van der Waals surface area (Å²) >= 11 is 6.13. The Morgan fingerprint density at radius 2 is 1.89 bits per heavy atom. The summed E-state index contributed by atoms with van der Waals surface area (Å²) < 4.78 is 32.4. The van der Waals surface area contributed by atoms with E-state index < -0.39 is 10.0 Å². The highest BCUT2D eigenvalue weighted by molar-refractivity contribution is 7.89. The van der Waals surface area contributed by atoms with Crippen LogP contribution in [0.2, 0.25) is 5.02 Å². The smallest absolute Gasteiger partial charge is 0.264 e. The SMILES string of the molecule is CCCCNS(=O)(=O)c1ccc(OCC(=O)N(C)c2ccccc2)c(Cl)c1.